The molecule has 10 heteroatoms. The molecule has 2 heterocycles. The van der Waals surface area contributed by atoms with Gasteiger partial charge < -0.3 is 9.30 Å². The number of carbonyl (C=O) groups is 2. The molecule has 0 aliphatic carbocycles. The molecule has 0 atom stereocenters. The molecule has 1 aromatic carbocycles. The highest BCUT2D eigenvalue weighted by atomic mass is 32.2. The van der Waals surface area contributed by atoms with E-state index < -0.39 is 16.0 Å². The maximum atomic E-state index is 12.4. The molecule has 0 spiro atoms. The van der Waals surface area contributed by atoms with Crippen molar-refractivity contribution in [3.05, 3.63) is 46.4 Å². The second-order valence-electron chi connectivity index (χ2n) is 7.18. The summed E-state index contributed by atoms with van der Waals surface area (Å²) < 4.78 is 33.3. The number of aromatic nitrogens is 2. The van der Waals surface area contributed by atoms with Crippen LogP contribution in [0, 0.1) is 0 Å². The molecule has 8 nitrogen and oxygen atoms in total. The van der Waals surface area contributed by atoms with Crippen molar-refractivity contribution in [2.75, 3.05) is 14.1 Å². The first kappa shape index (κ1) is 23.1. The highest BCUT2D eigenvalue weighted by Crippen LogP contribution is 2.23. The molecular weight excluding hydrogens is 438 g/mol. The SMILES string of the molecule is CCCn1c(COC(=O)CCC(=O)c2cccs2)nc2cc(S(=O)(=O)N(C)C)ccc21. The molecule has 3 rings (SSSR count). The summed E-state index contributed by atoms with van der Waals surface area (Å²) in [6, 6.07) is 8.33. The minimum atomic E-state index is -3.58. The lowest BCUT2D eigenvalue weighted by Crippen LogP contribution is -2.22. The van der Waals surface area contributed by atoms with Crippen molar-refractivity contribution in [1.82, 2.24) is 13.9 Å². The maximum Gasteiger partial charge on any atom is 0.306 e. The molecule has 0 radical (unpaired) electrons. The van der Waals surface area contributed by atoms with Gasteiger partial charge >= 0.3 is 5.97 Å². The predicted molar refractivity (Wildman–Crippen MR) is 119 cm³/mol. The number of nitrogens with zero attached hydrogens (tertiary/aromatic N) is 3. The summed E-state index contributed by atoms with van der Waals surface area (Å²) in [7, 11) is -0.626. The van der Waals surface area contributed by atoms with Crippen molar-refractivity contribution in [2.24, 2.45) is 0 Å². The zero-order chi connectivity index (χ0) is 22.6. The van der Waals surface area contributed by atoms with Crippen LogP contribution in [0.25, 0.3) is 11.0 Å². The Morgan fingerprint density at radius 1 is 1.19 bits per heavy atom. The number of Topliss-reactive ketones (excluding diaryl/α,β-unsaturated/α-hetero) is 1. The van der Waals surface area contributed by atoms with Gasteiger partial charge in [0.15, 0.2) is 5.78 Å². The second-order valence-corrected chi connectivity index (χ2v) is 10.3. The zero-order valence-electron chi connectivity index (χ0n) is 17.7. The Hall–Kier alpha value is -2.56. The van der Waals surface area contributed by atoms with E-state index in [0.29, 0.717) is 22.8 Å². The smallest absolute Gasteiger partial charge is 0.306 e. The summed E-state index contributed by atoms with van der Waals surface area (Å²) in [4.78, 5) is 29.5. The Kier molecular flexibility index (Phi) is 7.24. The van der Waals surface area contributed by atoms with E-state index in [1.54, 1.807) is 24.3 Å². The van der Waals surface area contributed by atoms with Crippen molar-refractivity contribution in [1.29, 1.82) is 0 Å². The lowest BCUT2D eigenvalue weighted by molar-refractivity contribution is -0.145. The molecule has 0 aliphatic heterocycles. The van der Waals surface area contributed by atoms with E-state index in [2.05, 4.69) is 4.98 Å². The molecular formula is C21H25N3O5S2. The van der Waals surface area contributed by atoms with Gasteiger partial charge in [0.05, 0.1) is 27.2 Å². The van der Waals surface area contributed by atoms with Gasteiger partial charge in [-0.2, -0.15) is 0 Å². The fourth-order valence-electron chi connectivity index (χ4n) is 3.11. The molecule has 0 fully saturated rings. The lowest BCUT2D eigenvalue weighted by atomic mass is 10.2. The monoisotopic (exact) mass is 463 g/mol. The van der Waals surface area contributed by atoms with Gasteiger partial charge in [0, 0.05) is 27.1 Å². The van der Waals surface area contributed by atoms with E-state index in [1.165, 1.54) is 31.5 Å². The van der Waals surface area contributed by atoms with Crippen LogP contribution < -0.4 is 0 Å². The first-order chi connectivity index (χ1) is 14.7. The van der Waals surface area contributed by atoms with Crippen molar-refractivity contribution in [3.8, 4) is 0 Å². The van der Waals surface area contributed by atoms with Crippen LogP contribution >= 0.6 is 11.3 Å². The molecule has 0 saturated carbocycles. The van der Waals surface area contributed by atoms with Crippen LogP contribution in [0.15, 0.2) is 40.6 Å². The quantitative estimate of drug-likeness (QED) is 0.337. The Morgan fingerprint density at radius 2 is 1.97 bits per heavy atom. The number of rotatable bonds is 10. The van der Waals surface area contributed by atoms with Crippen molar-refractivity contribution in [2.45, 2.75) is 44.2 Å². The first-order valence-corrected chi connectivity index (χ1v) is 12.2. The number of fused-ring (bicyclic) bond motifs is 1. The molecule has 0 unspecified atom stereocenters. The van der Waals surface area contributed by atoms with Gasteiger partial charge in [-0.25, -0.2) is 17.7 Å². The number of ketones is 1. The summed E-state index contributed by atoms with van der Waals surface area (Å²) in [5, 5.41) is 1.82. The molecule has 31 heavy (non-hydrogen) atoms. The van der Waals surface area contributed by atoms with Crippen LogP contribution in [-0.2, 0) is 32.7 Å². The van der Waals surface area contributed by atoms with Crippen LogP contribution in [0.4, 0.5) is 0 Å². The Labute approximate surface area is 185 Å². The van der Waals surface area contributed by atoms with Crippen LogP contribution in [0.1, 0.15) is 41.7 Å². The van der Waals surface area contributed by atoms with E-state index in [-0.39, 0.29) is 30.1 Å². The molecule has 3 aromatic rings. The summed E-state index contributed by atoms with van der Waals surface area (Å²) in [6.07, 6.45) is 0.923. The van der Waals surface area contributed by atoms with E-state index in [4.69, 9.17) is 4.74 Å². The third kappa shape index (κ3) is 5.20. The molecule has 2 aromatic heterocycles. The van der Waals surface area contributed by atoms with Gasteiger partial charge in [-0.05, 0) is 36.1 Å². The van der Waals surface area contributed by atoms with E-state index in [0.717, 1.165) is 16.2 Å². The van der Waals surface area contributed by atoms with E-state index in [9.17, 15) is 18.0 Å². The van der Waals surface area contributed by atoms with E-state index in [1.807, 2.05) is 16.9 Å². The van der Waals surface area contributed by atoms with E-state index >= 15 is 0 Å². The summed E-state index contributed by atoms with van der Waals surface area (Å²) in [5.41, 5.74) is 1.30. The fourth-order valence-corrected chi connectivity index (χ4v) is 4.72. The minimum Gasteiger partial charge on any atom is -0.457 e. The van der Waals surface area contributed by atoms with Crippen molar-refractivity contribution in [3.63, 3.8) is 0 Å². The average Bonchev–Trinajstić information content (AvgIpc) is 3.39. The maximum absolute atomic E-state index is 12.4. The standard InChI is InChI=1S/C21H25N3O5S2/c1-4-11-24-17-8-7-15(31(27,28)23(2)3)13-16(17)22-20(24)14-29-21(26)10-9-18(25)19-6-5-12-30-19/h5-8,12-13H,4,9-11,14H2,1-3H3. The Balaban J connectivity index is 1.73. The number of esters is 1. The fraction of sp³-hybridized carbons (Fsp3) is 0.381. The molecule has 0 saturated heterocycles. The Morgan fingerprint density at radius 3 is 2.61 bits per heavy atom. The van der Waals surface area contributed by atoms with Gasteiger partial charge in [0.2, 0.25) is 10.0 Å². The third-order valence-electron chi connectivity index (χ3n) is 4.74. The number of thiophene rings is 1. The van der Waals surface area contributed by atoms with Gasteiger partial charge in [0.1, 0.15) is 12.4 Å². The second kappa shape index (κ2) is 9.71. The molecule has 0 N–H and O–H groups in total. The molecule has 166 valence electrons. The summed E-state index contributed by atoms with van der Waals surface area (Å²) >= 11 is 1.35. The number of benzene rings is 1. The van der Waals surface area contributed by atoms with Gasteiger partial charge in [-0.3, -0.25) is 9.59 Å². The number of aryl methyl sites for hydroxylation is 1. The van der Waals surface area contributed by atoms with Gasteiger partial charge in [0.25, 0.3) is 0 Å². The molecule has 0 amide bonds. The predicted octanol–water partition coefficient (Wildman–Crippen LogP) is 3.46. The van der Waals surface area contributed by atoms with Crippen LogP contribution in [0.3, 0.4) is 0 Å². The van der Waals surface area contributed by atoms with Crippen molar-refractivity contribution >= 4 is 44.1 Å². The lowest BCUT2D eigenvalue weighted by Gasteiger charge is -2.11. The molecule has 0 aliphatic rings. The summed E-state index contributed by atoms with van der Waals surface area (Å²) in [5.74, 6) is -0.0233. The highest BCUT2D eigenvalue weighted by Gasteiger charge is 2.20. The van der Waals surface area contributed by atoms with Gasteiger partial charge in [-0.15, -0.1) is 11.3 Å². The third-order valence-corrected chi connectivity index (χ3v) is 7.46. The Bertz CT molecular complexity index is 1180. The van der Waals surface area contributed by atoms with Crippen LogP contribution in [0.2, 0.25) is 0 Å². The number of sulfonamides is 1. The first-order valence-electron chi connectivity index (χ1n) is 9.88. The normalized spacial score (nSPS) is 11.9. The summed E-state index contributed by atoms with van der Waals surface area (Å²) in [6.45, 7) is 2.62. The average molecular weight is 464 g/mol. The number of carbonyl (C=O) groups excluding carboxylic acids is 2. The highest BCUT2D eigenvalue weighted by molar-refractivity contribution is 7.89. The molecule has 0 bridgehead atoms. The van der Waals surface area contributed by atoms with Crippen LogP contribution in [-0.4, -0.2) is 48.1 Å². The number of imidazole rings is 1. The topological polar surface area (TPSA) is 98.6 Å². The zero-order valence-corrected chi connectivity index (χ0v) is 19.3. The number of hydrogen-bond donors (Lipinski definition) is 0. The minimum absolute atomic E-state index is 0.00400. The van der Waals surface area contributed by atoms with Crippen LogP contribution in [0.5, 0.6) is 0 Å². The van der Waals surface area contributed by atoms with Crippen molar-refractivity contribution < 1.29 is 22.7 Å². The number of ether oxygens (including phenoxy) is 1. The number of hydrogen-bond acceptors (Lipinski definition) is 7. The van der Waals surface area contributed by atoms with Gasteiger partial charge in [-0.1, -0.05) is 13.0 Å². The largest absolute Gasteiger partial charge is 0.457 e.